The number of H-pyrrole nitrogens is 1. The average molecular weight is 347 g/mol. The molecule has 9 nitrogen and oxygen atoms in total. The van der Waals surface area contributed by atoms with Crippen molar-refractivity contribution in [1.29, 1.82) is 0 Å². The molecule has 1 aromatic heterocycles. The van der Waals surface area contributed by atoms with Crippen LogP contribution in [0, 0.1) is 0 Å². The quantitative estimate of drug-likeness (QED) is 0.791. The van der Waals surface area contributed by atoms with Crippen LogP contribution >= 0.6 is 0 Å². The Morgan fingerprint density at radius 1 is 1.28 bits per heavy atom. The zero-order valence-electron chi connectivity index (χ0n) is 13.8. The van der Waals surface area contributed by atoms with E-state index in [1.165, 1.54) is 20.4 Å². The van der Waals surface area contributed by atoms with Gasteiger partial charge in [0.15, 0.2) is 11.5 Å². The first-order chi connectivity index (χ1) is 12.0. The molecule has 2 aromatic rings. The minimum absolute atomic E-state index is 0.112. The third-order valence-corrected chi connectivity index (χ3v) is 3.74. The first-order valence-corrected chi connectivity index (χ1v) is 7.54. The van der Waals surface area contributed by atoms with Crippen LogP contribution in [0.15, 0.2) is 27.9 Å². The predicted molar refractivity (Wildman–Crippen MR) is 87.5 cm³/mol. The molecular weight excluding hydrogens is 330 g/mol. The van der Waals surface area contributed by atoms with Crippen molar-refractivity contribution in [2.24, 2.45) is 7.05 Å². The lowest BCUT2D eigenvalue weighted by molar-refractivity contribution is 0.0948. The highest BCUT2D eigenvalue weighted by atomic mass is 16.6. The summed E-state index contributed by atoms with van der Waals surface area (Å²) in [5.74, 6) is 1.07. The van der Waals surface area contributed by atoms with Crippen LogP contribution in [0.1, 0.15) is 15.9 Å². The van der Waals surface area contributed by atoms with E-state index in [0.717, 1.165) is 4.57 Å². The van der Waals surface area contributed by atoms with Gasteiger partial charge in [-0.1, -0.05) is 0 Å². The molecule has 0 atom stereocenters. The van der Waals surface area contributed by atoms with Crippen molar-refractivity contribution in [3.8, 4) is 17.2 Å². The first kappa shape index (κ1) is 16.6. The van der Waals surface area contributed by atoms with Crippen LogP contribution in [0.5, 0.6) is 17.2 Å². The molecule has 9 heteroatoms. The number of carbonyl (C=O) groups excluding carboxylic acids is 1. The van der Waals surface area contributed by atoms with Crippen molar-refractivity contribution in [2.45, 2.75) is 6.54 Å². The average Bonchev–Trinajstić information content (AvgIpc) is 2.61. The van der Waals surface area contributed by atoms with Crippen molar-refractivity contribution < 1.29 is 19.0 Å². The van der Waals surface area contributed by atoms with E-state index in [2.05, 4.69) is 10.3 Å². The number of methoxy groups -OCH3 is 1. The molecule has 0 fully saturated rings. The maximum Gasteiger partial charge on any atom is 0.328 e. The molecule has 0 radical (unpaired) electrons. The Hall–Kier alpha value is -3.23. The maximum absolute atomic E-state index is 12.2. The Labute approximate surface area is 142 Å². The Morgan fingerprint density at radius 2 is 1.96 bits per heavy atom. The number of hydrogen-bond acceptors (Lipinski definition) is 6. The number of ether oxygens (including phenoxy) is 3. The summed E-state index contributed by atoms with van der Waals surface area (Å²) >= 11 is 0. The topological polar surface area (TPSA) is 112 Å². The fourth-order valence-electron chi connectivity index (χ4n) is 2.44. The molecule has 0 bridgehead atoms. The minimum Gasteiger partial charge on any atom is -0.496 e. The van der Waals surface area contributed by atoms with E-state index in [0.29, 0.717) is 36.0 Å². The molecule has 0 spiro atoms. The molecule has 132 valence electrons. The smallest absolute Gasteiger partial charge is 0.328 e. The molecule has 1 amide bonds. The summed E-state index contributed by atoms with van der Waals surface area (Å²) in [7, 11) is 2.95. The Balaban J connectivity index is 1.81. The number of nitrogens with one attached hydrogen (secondary N) is 2. The van der Waals surface area contributed by atoms with Crippen LogP contribution in [0.25, 0.3) is 0 Å². The SMILES string of the molecule is COc1cc2c(cc1CNC(=O)c1cn(C)c(=O)[nH]c1=O)OCCO2. The summed E-state index contributed by atoms with van der Waals surface area (Å²) in [6.45, 7) is 1.02. The van der Waals surface area contributed by atoms with Crippen LogP contribution < -0.4 is 30.8 Å². The van der Waals surface area contributed by atoms with E-state index in [1.54, 1.807) is 12.1 Å². The molecule has 0 saturated carbocycles. The first-order valence-electron chi connectivity index (χ1n) is 7.54. The highest BCUT2D eigenvalue weighted by molar-refractivity contribution is 5.93. The number of fused-ring (bicyclic) bond motifs is 1. The molecule has 0 aliphatic carbocycles. The number of aromatic amines is 1. The number of nitrogens with zero attached hydrogens (tertiary/aromatic N) is 1. The van der Waals surface area contributed by atoms with Gasteiger partial charge >= 0.3 is 5.69 Å². The van der Waals surface area contributed by atoms with Crippen LogP contribution in [-0.4, -0.2) is 35.8 Å². The number of aryl methyl sites for hydroxylation is 1. The van der Waals surface area contributed by atoms with Gasteiger partial charge in [0.2, 0.25) is 0 Å². The third-order valence-electron chi connectivity index (χ3n) is 3.74. The number of aromatic nitrogens is 2. The predicted octanol–water partition coefficient (Wildman–Crippen LogP) is -0.217. The summed E-state index contributed by atoms with van der Waals surface area (Å²) < 4.78 is 17.4. The second kappa shape index (κ2) is 6.71. The lowest BCUT2D eigenvalue weighted by Crippen LogP contribution is -2.36. The molecule has 1 aromatic carbocycles. The summed E-state index contributed by atoms with van der Waals surface area (Å²) in [5, 5.41) is 2.63. The van der Waals surface area contributed by atoms with E-state index in [4.69, 9.17) is 14.2 Å². The molecule has 2 heterocycles. The summed E-state index contributed by atoms with van der Waals surface area (Å²) in [6, 6.07) is 3.41. The third kappa shape index (κ3) is 3.35. The van der Waals surface area contributed by atoms with Gasteiger partial charge in [0.05, 0.1) is 7.11 Å². The highest BCUT2D eigenvalue weighted by Gasteiger charge is 2.18. The second-order valence-corrected chi connectivity index (χ2v) is 5.40. The van der Waals surface area contributed by atoms with Gasteiger partial charge < -0.3 is 24.1 Å². The van der Waals surface area contributed by atoms with Gasteiger partial charge in [-0.05, 0) is 6.07 Å². The Bertz CT molecular complexity index is 930. The van der Waals surface area contributed by atoms with Gasteiger partial charge in [-0.3, -0.25) is 14.6 Å². The second-order valence-electron chi connectivity index (χ2n) is 5.40. The van der Waals surface area contributed by atoms with Crippen LogP contribution in [0.2, 0.25) is 0 Å². The number of amides is 1. The molecule has 25 heavy (non-hydrogen) atoms. The molecule has 1 aliphatic heterocycles. The number of benzene rings is 1. The van der Waals surface area contributed by atoms with Crippen molar-refractivity contribution in [1.82, 2.24) is 14.9 Å². The summed E-state index contributed by atoms with van der Waals surface area (Å²) in [4.78, 5) is 37.4. The van der Waals surface area contributed by atoms with Gasteiger partial charge in [0.25, 0.3) is 11.5 Å². The number of hydrogen-bond donors (Lipinski definition) is 2. The zero-order chi connectivity index (χ0) is 18.0. The van der Waals surface area contributed by atoms with E-state index < -0.39 is 17.2 Å². The van der Waals surface area contributed by atoms with E-state index >= 15 is 0 Å². The largest absolute Gasteiger partial charge is 0.496 e. The van der Waals surface area contributed by atoms with Crippen molar-refractivity contribution in [2.75, 3.05) is 20.3 Å². The van der Waals surface area contributed by atoms with Gasteiger partial charge in [0.1, 0.15) is 24.5 Å². The van der Waals surface area contributed by atoms with E-state index in [9.17, 15) is 14.4 Å². The fraction of sp³-hybridized carbons (Fsp3) is 0.312. The molecule has 0 unspecified atom stereocenters. The molecule has 0 saturated heterocycles. The van der Waals surface area contributed by atoms with Gasteiger partial charge in [-0.15, -0.1) is 0 Å². The molecule has 3 rings (SSSR count). The normalized spacial score (nSPS) is 12.6. The number of rotatable bonds is 4. The van der Waals surface area contributed by atoms with Crippen LogP contribution in [-0.2, 0) is 13.6 Å². The highest BCUT2D eigenvalue weighted by Crippen LogP contribution is 2.36. The lowest BCUT2D eigenvalue weighted by atomic mass is 10.1. The van der Waals surface area contributed by atoms with E-state index in [1.807, 2.05) is 0 Å². The van der Waals surface area contributed by atoms with Gasteiger partial charge in [-0.2, -0.15) is 0 Å². The Kier molecular flexibility index (Phi) is 4.46. The maximum atomic E-state index is 12.2. The van der Waals surface area contributed by atoms with Gasteiger partial charge in [-0.25, -0.2) is 4.79 Å². The Morgan fingerprint density at radius 3 is 2.64 bits per heavy atom. The molecular formula is C16H17N3O6. The zero-order valence-corrected chi connectivity index (χ0v) is 13.8. The van der Waals surface area contributed by atoms with E-state index in [-0.39, 0.29) is 12.1 Å². The lowest BCUT2D eigenvalue weighted by Gasteiger charge is -2.20. The monoisotopic (exact) mass is 347 g/mol. The van der Waals surface area contributed by atoms with Crippen molar-refractivity contribution in [3.05, 3.63) is 50.3 Å². The van der Waals surface area contributed by atoms with Crippen LogP contribution in [0.4, 0.5) is 0 Å². The van der Waals surface area contributed by atoms with Gasteiger partial charge in [0, 0.05) is 31.4 Å². The minimum atomic E-state index is -0.741. The fourth-order valence-corrected chi connectivity index (χ4v) is 2.44. The van der Waals surface area contributed by atoms with Crippen molar-refractivity contribution >= 4 is 5.91 Å². The summed E-state index contributed by atoms with van der Waals surface area (Å²) in [6.07, 6.45) is 1.19. The molecule has 2 N–H and O–H groups in total. The molecule has 1 aliphatic rings. The summed E-state index contributed by atoms with van der Waals surface area (Å²) in [5.41, 5.74) is -0.815. The van der Waals surface area contributed by atoms with Crippen molar-refractivity contribution in [3.63, 3.8) is 0 Å². The number of carbonyl (C=O) groups is 1. The van der Waals surface area contributed by atoms with Crippen LogP contribution in [0.3, 0.4) is 0 Å². The standard InChI is InChI=1S/C16H17N3O6/c1-19-8-10(15(21)18-16(19)22)14(20)17-7-9-5-12-13(6-11(9)23-2)25-4-3-24-12/h5-6,8H,3-4,7H2,1-2H3,(H,17,20)(H,18,21,22).